The normalized spacial score (nSPS) is 23.9. The van der Waals surface area contributed by atoms with Gasteiger partial charge in [-0.05, 0) is 13.0 Å². The fraction of sp³-hybridized carbons (Fsp3) is 0.900. The Morgan fingerprint density at radius 1 is 1.64 bits per heavy atom. The summed E-state index contributed by atoms with van der Waals surface area (Å²) in [5, 5.41) is 6.19. The van der Waals surface area contributed by atoms with Gasteiger partial charge in [-0.3, -0.25) is 9.69 Å². The Morgan fingerprint density at radius 2 is 2.36 bits per heavy atom. The Morgan fingerprint density at radius 3 is 2.93 bits per heavy atom. The predicted octanol–water partition coefficient (Wildman–Crippen LogP) is -0.338. The van der Waals surface area contributed by atoms with Crippen molar-refractivity contribution in [2.75, 3.05) is 33.2 Å². The average molecular weight is 199 g/mol. The summed E-state index contributed by atoms with van der Waals surface area (Å²) >= 11 is 0. The van der Waals surface area contributed by atoms with E-state index in [0.29, 0.717) is 5.92 Å². The molecule has 2 N–H and O–H groups in total. The van der Waals surface area contributed by atoms with E-state index in [4.69, 9.17) is 0 Å². The molecule has 1 aliphatic heterocycles. The van der Waals surface area contributed by atoms with Gasteiger partial charge in [0.15, 0.2) is 0 Å². The van der Waals surface area contributed by atoms with E-state index in [2.05, 4.69) is 29.4 Å². The lowest BCUT2D eigenvalue weighted by atomic mass is 10.1. The molecule has 82 valence electrons. The first-order valence-corrected chi connectivity index (χ1v) is 5.30. The van der Waals surface area contributed by atoms with Gasteiger partial charge in [0.2, 0.25) is 5.91 Å². The highest BCUT2D eigenvalue weighted by Crippen LogP contribution is 2.00. The van der Waals surface area contributed by atoms with E-state index in [1.165, 1.54) is 0 Å². The molecule has 0 aliphatic carbocycles. The highest BCUT2D eigenvalue weighted by atomic mass is 16.2. The van der Waals surface area contributed by atoms with Crippen LogP contribution >= 0.6 is 0 Å². The van der Waals surface area contributed by atoms with E-state index in [9.17, 15) is 4.79 Å². The molecule has 0 spiro atoms. The molecule has 0 aromatic carbocycles. The van der Waals surface area contributed by atoms with Gasteiger partial charge in [-0.25, -0.2) is 0 Å². The molecule has 1 rings (SSSR count). The van der Waals surface area contributed by atoms with E-state index in [1.54, 1.807) is 0 Å². The third kappa shape index (κ3) is 3.27. The molecule has 0 bridgehead atoms. The summed E-state index contributed by atoms with van der Waals surface area (Å²) in [5.41, 5.74) is 0. The van der Waals surface area contributed by atoms with Gasteiger partial charge in [-0.1, -0.05) is 13.8 Å². The van der Waals surface area contributed by atoms with Crippen LogP contribution in [0.1, 0.15) is 13.8 Å². The summed E-state index contributed by atoms with van der Waals surface area (Å²) in [6.07, 6.45) is 0. The number of rotatable bonds is 3. The number of nitrogens with zero attached hydrogens (tertiary/aromatic N) is 1. The van der Waals surface area contributed by atoms with Crippen LogP contribution in [0.25, 0.3) is 0 Å². The summed E-state index contributed by atoms with van der Waals surface area (Å²) in [5.74, 6) is 0.661. The lowest BCUT2D eigenvalue weighted by Crippen LogP contribution is -2.56. The molecular formula is C10H21N3O. The first-order valence-electron chi connectivity index (χ1n) is 5.30. The molecule has 1 atom stereocenters. The van der Waals surface area contributed by atoms with Crippen LogP contribution in [-0.2, 0) is 4.79 Å². The Kier molecular flexibility index (Phi) is 4.35. The third-order valence-corrected chi connectivity index (χ3v) is 2.50. The van der Waals surface area contributed by atoms with E-state index in [0.717, 1.165) is 26.2 Å². The third-order valence-electron chi connectivity index (χ3n) is 2.50. The topological polar surface area (TPSA) is 44.4 Å². The van der Waals surface area contributed by atoms with Crippen molar-refractivity contribution in [1.82, 2.24) is 15.5 Å². The number of nitrogens with one attached hydrogen (secondary N) is 2. The lowest BCUT2D eigenvalue weighted by molar-refractivity contribution is -0.126. The van der Waals surface area contributed by atoms with Crippen molar-refractivity contribution in [2.24, 2.45) is 5.92 Å². The predicted molar refractivity (Wildman–Crippen MR) is 57.1 cm³/mol. The summed E-state index contributed by atoms with van der Waals surface area (Å²) in [7, 11) is 2.00. The van der Waals surface area contributed by atoms with Crippen molar-refractivity contribution in [3.63, 3.8) is 0 Å². The number of carbonyl (C=O) groups is 1. The Bertz CT molecular complexity index is 194. The minimum Gasteiger partial charge on any atom is -0.354 e. The summed E-state index contributed by atoms with van der Waals surface area (Å²) < 4.78 is 0. The van der Waals surface area contributed by atoms with Gasteiger partial charge >= 0.3 is 0 Å². The first-order chi connectivity index (χ1) is 6.61. The van der Waals surface area contributed by atoms with Crippen LogP contribution in [0, 0.1) is 5.92 Å². The molecule has 1 unspecified atom stereocenters. The molecular weight excluding hydrogens is 178 g/mol. The second-order valence-electron chi connectivity index (χ2n) is 4.34. The van der Waals surface area contributed by atoms with Crippen LogP contribution in [0.3, 0.4) is 0 Å². The second kappa shape index (κ2) is 5.32. The van der Waals surface area contributed by atoms with Crippen LogP contribution in [-0.4, -0.2) is 50.1 Å². The molecule has 1 heterocycles. The highest BCUT2D eigenvalue weighted by Gasteiger charge is 2.25. The van der Waals surface area contributed by atoms with Crippen LogP contribution in [0.15, 0.2) is 0 Å². The minimum atomic E-state index is 0.00231. The SMILES string of the molecule is CC(C)CNC(=O)C1CNCCN1C. The van der Waals surface area contributed by atoms with Crippen LogP contribution in [0.2, 0.25) is 0 Å². The first kappa shape index (κ1) is 11.5. The Hall–Kier alpha value is -0.610. The summed E-state index contributed by atoms with van der Waals surface area (Å²) in [4.78, 5) is 13.8. The molecule has 0 saturated carbocycles. The molecule has 1 fully saturated rings. The molecule has 1 aliphatic rings. The monoisotopic (exact) mass is 199 g/mol. The maximum atomic E-state index is 11.7. The second-order valence-corrected chi connectivity index (χ2v) is 4.34. The molecule has 4 heteroatoms. The van der Waals surface area contributed by atoms with Gasteiger partial charge in [0.25, 0.3) is 0 Å². The summed E-state index contributed by atoms with van der Waals surface area (Å²) in [6.45, 7) is 7.65. The molecule has 4 nitrogen and oxygen atoms in total. The number of piperazine rings is 1. The molecule has 0 aromatic rings. The standard InChI is InChI=1S/C10H21N3O/c1-8(2)6-12-10(14)9-7-11-4-5-13(9)3/h8-9,11H,4-7H2,1-3H3,(H,12,14). The van der Waals surface area contributed by atoms with Crippen LogP contribution in [0.5, 0.6) is 0 Å². The zero-order valence-electron chi connectivity index (χ0n) is 9.34. The quantitative estimate of drug-likeness (QED) is 0.654. The average Bonchev–Trinajstić information content (AvgIpc) is 2.15. The van der Waals surface area contributed by atoms with E-state index >= 15 is 0 Å². The van der Waals surface area contributed by atoms with E-state index in [-0.39, 0.29) is 11.9 Å². The summed E-state index contributed by atoms with van der Waals surface area (Å²) in [6, 6.07) is 0.00231. The number of hydrogen-bond donors (Lipinski definition) is 2. The molecule has 0 radical (unpaired) electrons. The highest BCUT2D eigenvalue weighted by molar-refractivity contribution is 5.82. The van der Waals surface area contributed by atoms with Crippen LogP contribution < -0.4 is 10.6 Å². The van der Waals surface area contributed by atoms with E-state index in [1.807, 2.05) is 7.05 Å². The maximum Gasteiger partial charge on any atom is 0.238 e. The fourth-order valence-corrected chi connectivity index (χ4v) is 1.52. The van der Waals surface area contributed by atoms with Crippen molar-refractivity contribution in [1.29, 1.82) is 0 Å². The fourth-order valence-electron chi connectivity index (χ4n) is 1.52. The zero-order valence-corrected chi connectivity index (χ0v) is 9.34. The van der Waals surface area contributed by atoms with Gasteiger partial charge in [-0.15, -0.1) is 0 Å². The van der Waals surface area contributed by atoms with Crippen molar-refractivity contribution >= 4 is 5.91 Å². The Balaban J connectivity index is 2.34. The number of amides is 1. The molecule has 14 heavy (non-hydrogen) atoms. The minimum absolute atomic E-state index is 0.00231. The van der Waals surface area contributed by atoms with Crippen molar-refractivity contribution in [3.05, 3.63) is 0 Å². The van der Waals surface area contributed by atoms with Gasteiger partial charge in [0.1, 0.15) is 6.04 Å². The number of carbonyl (C=O) groups excluding carboxylic acids is 1. The lowest BCUT2D eigenvalue weighted by Gasteiger charge is -2.32. The molecule has 0 aromatic heterocycles. The maximum absolute atomic E-state index is 11.7. The van der Waals surface area contributed by atoms with Gasteiger partial charge in [0, 0.05) is 26.2 Å². The smallest absolute Gasteiger partial charge is 0.238 e. The Labute approximate surface area is 86.0 Å². The van der Waals surface area contributed by atoms with Gasteiger partial charge in [-0.2, -0.15) is 0 Å². The van der Waals surface area contributed by atoms with Crippen molar-refractivity contribution in [2.45, 2.75) is 19.9 Å². The number of hydrogen-bond acceptors (Lipinski definition) is 3. The van der Waals surface area contributed by atoms with Gasteiger partial charge in [0.05, 0.1) is 0 Å². The molecule has 1 saturated heterocycles. The van der Waals surface area contributed by atoms with Crippen molar-refractivity contribution in [3.8, 4) is 0 Å². The molecule has 1 amide bonds. The largest absolute Gasteiger partial charge is 0.354 e. The van der Waals surface area contributed by atoms with Crippen LogP contribution in [0.4, 0.5) is 0 Å². The zero-order chi connectivity index (χ0) is 10.6. The van der Waals surface area contributed by atoms with Crippen molar-refractivity contribution < 1.29 is 4.79 Å². The van der Waals surface area contributed by atoms with Gasteiger partial charge < -0.3 is 10.6 Å². The van der Waals surface area contributed by atoms with E-state index < -0.39 is 0 Å². The number of likely N-dealkylation sites (N-methyl/N-ethyl adjacent to an activating group) is 1.